The number of aromatic nitrogens is 3. The first-order valence-corrected chi connectivity index (χ1v) is 15.5. The highest BCUT2D eigenvalue weighted by Crippen LogP contribution is 2.31. The van der Waals surface area contributed by atoms with Crippen molar-refractivity contribution in [2.75, 3.05) is 56.4 Å². The fourth-order valence-electron chi connectivity index (χ4n) is 5.16. The maximum atomic E-state index is 13.7. The number of piperazine rings is 1. The number of nitrogens with one attached hydrogen (secondary N) is 2. The number of aryl methyl sites for hydroxylation is 1. The number of likely N-dealkylation sites (tertiary alicyclic amines) is 1. The Bertz CT molecular complexity index is 1610. The molecule has 0 bridgehead atoms. The van der Waals surface area contributed by atoms with Crippen molar-refractivity contribution in [3.8, 4) is 0 Å². The van der Waals surface area contributed by atoms with Crippen molar-refractivity contribution in [2.24, 2.45) is 0 Å². The number of alkyl halides is 2. The van der Waals surface area contributed by atoms with Gasteiger partial charge >= 0.3 is 6.09 Å². The molecule has 2 amide bonds. The van der Waals surface area contributed by atoms with Gasteiger partial charge in [0.1, 0.15) is 12.1 Å². The highest BCUT2D eigenvalue weighted by molar-refractivity contribution is 7.91. The van der Waals surface area contributed by atoms with Gasteiger partial charge in [-0.15, -0.1) is 0 Å². The molecule has 17 heteroatoms. The number of anilines is 2. The minimum absolute atomic E-state index is 0.00318. The summed E-state index contributed by atoms with van der Waals surface area (Å²) in [7, 11) is -3.83. The van der Waals surface area contributed by atoms with E-state index in [4.69, 9.17) is 5.11 Å². The third kappa shape index (κ3) is 6.28. The second-order valence-electron chi connectivity index (χ2n) is 10.3. The molecule has 3 aromatic rings. The van der Waals surface area contributed by atoms with Crippen LogP contribution in [-0.4, -0.2) is 112 Å². The number of rotatable bonds is 8. The van der Waals surface area contributed by atoms with Crippen LogP contribution in [-0.2, 0) is 10.0 Å². The molecule has 0 aliphatic carbocycles. The lowest BCUT2D eigenvalue weighted by Gasteiger charge is -2.35. The van der Waals surface area contributed by atoms with Crippen LogP contribution in [0.1, 0.15) is 29.4 Å². The molecule has 1 aromatic carbocycles. The molecule has 5 rings (SSSR count). The summed E-state index contributed by atoms with van der Waals surface area (Å²) in [6, 6.07) is 4.90. The van der Waals surface area contributed by atoms with Crippen molar-refractivity contribution < 1.29 is 31.9 Å². The van der Waals surface area contributed by atoms with Crippen molar-refractivity contribution in [3.63, 3.8) is 0 Å². The van der Waals surface area contributed by atoms with Gasteiger partial charge in [0.25, 0.3) is 21.9 Å². The first kappa shape index (κ1) is 29.9. The van der Waals surface area contributed by atoms with Crippen molar-refractivity contribution >= 4 is 55.2 Å². The molecule has 1 atom stereocenters. The first-order valence-electron chi connectivity index (χ1n) is 13.2. The van der Waals surface area contributed by atoms with E-state index in [2.05, 4.69) is 30.5 Å². The summed E-state index contributed by atoms with van der Waals surface area (Å²) < 4.78 is 55.2. The summed E-state index contributed by atoms with van der Waals surface area (Å²) >= 11 is 0.786. The Labute approximate surface area is 244 Å². The van der Waals surface area contributed by atoms with Crippen LogP contribution >= 0.6 is 11.3 Å². The Hall–Kier alpha value is -3.54. The second kappa shape index (κ2) is 11.6. The minimum Gasteiger partial charge on any atom is -0.465 e. The van der Waals surface area contributed by atoms with Crippen LogP contribution in [0.15, 0.2) is 28.7 Å². The molecule has 2 aliphatic rings. The van der Waals surface area contributed by atoms with Gasteiger partial charge in [-0.3, -0.25) is 15.0 Å². The van der Waals surface area contributed by atoms with Gasteiger partial charge in [-0.2, -0.15) is 4.31 Å². The average Bonchev–Trinajstić information content (AvgIpc) is 3.49. The average molecular weight is 625 g/mol. The number of carbonyl (C=O) groups excluding carboxylic acids is 1. The largest absolute Gasteiger partial charge is 0.465 e. The van der Waals surface area contributed by atoms with Gasteiger partial charge in [0, 0.05) is 57.1 Å². The number of hydrogen-bond donors (Lipinski definition) is 3. The SMILES string of the molecule is Cc1nc(NC(=O)O)sc1S(=O)(=O)N1CCN(C[C@H](C)Nc2ncnc3c(C(=O)N4CCC(F)(F)C4)cccc23)CC1. The van der Waals surface area contributed by atoms with E-state index in [1.54, 1.807) is 18.2 Å². The second-order valence-corrected chi connectivity index (χ2v) is 13.5. The third-order valence-electron chi connectivity index (χ3n) is 7.14. The molecule has 0 radical (unpaired) electrons. The summed E-state index contributed by atoms with van der Waals surface area (Å²) in [5, 5.41) is 14.9. The monoisotopic (exact) mass is 624 g/mol. The number of sulfonamides is 1. The first-order chi connectivity index (χ1) is 19.8. The molecular formula is C25H30F2N8O5S2. The van der Waals surface area contributed by atoms with Crippen molar-refractivity contribution in [1.82, 2.24) is 29.1 Å². The maximum absolute atomic E-state index is 13.7. The molecule has 3 N–H and O–H groups in total. The van der Waals surface area contributed by atoms with Crippen molar-refractivity contribution in [1.29, 1.82) is 0 Å². The number of halogens is 2. The Kier molecular flexibility index (Phi) is 8.28. The number of amides is 2. The molecule has 2 saturated heterocycles. The van der Waals surface area contributed by atoms with E-state index < -0.39 is 34.5 Å². The van der Waals surface area contributed by atoms with Gasteiger partial charge in [-0.1, -0.05) is 17.4 Å². The van der Waals surface area contributed by atoms with E-state index in [1.165, 1.54) is 17.6 Å². The van der Waals surface area contributed by atoms with E-state index in [1.807, 2.05) is 6.92 Å². The fraction of sp³-hybridized carbons (Fsp3) is 0.480. The van der Waals surface area contributed by atoms with Gasteiger partial charge in [0.15, 0.2) is 9.34 Å². The van der Waals surface area contributed by atoms with Crippen LogP contribution in [0.4, 0.5) is 24.5 Å². The number of nitrogens with zero attached hydrogens (tertiary/aromatic N) is 6. The molecule has 2 fully saturated rings. The minimum atomic E-state index is -3.83. The normalized spacial score (nSPS) is 18.7. The van der Waals surface area contributed by atoms with Gasteiger partial charge in [-0.25, -0.2) is 36.9 Å². The number of carbonyl (C=O) groups is 2. The summed E-state index contributed by atoms with van der Waals surface area (Å²) in [5.74, 6) is -2.89. The lowest BCUT2D eigenvalue weighted by atomic mass is 10.1. The number of hydrogen-bond acceptors (Lipinski definition) is 10. The number of carboxylic acid groups (broad SMARTS) is 1. The molecule has 0 spiro atoms. The Morgan fingerprint density at radius 3 is 2.57 bits per heavy atom. The fourth-order valence-corrected chi connectivity index (χ4v) is 8.12. The molecule has 4 heterocycles. The number of benzene rings is 1. The molecular weight excluding hydrogens is 594 g/mol. The zero-order chi connectivity index (χ0) is 30.2. The van der Waals surface area contributed by atoms with Crippen LogP contribution in [0, 0.1) is 6.92 Å². The molecule has 13 nitrogen and oxygen atoms in total. The predicted molar refractivity (Wildman–Crippen MR) is 152 cm³/mol. The van der Waals surface area contributed by atoms with Crippen LogP contribution in [0.25, 0.3) is 10.9 Å². The Balaban J connectivity index is 1.21. The molecule has 42 heavy (non-hydrogen) atoms. The van der Waals surface area contributed by atoms with Crippen LogP contribution in [0.5, 0.6) is 0 Å². The summed E-state index contributed by atoms with van der Waals surface area (Å²) in [6.45, 7) is 4.90. The van der Waals surface area contributed by atoms with E-state index in [0.29, 0.717) is 36.4 Å². The van der Waals surface area contributed by atoms with E-state index in [0.717, 1.165) is 16.2 Å². The number of fused-ring (bicyclic) bond motifs is 1. The van der Waals surface area contributed by atoms with Crippen molar-refractivity contribution in [2.45, 2.75) is 36.4 Å². The lowest BCUT2D eigenvalue weighted by molar-refractivity contribution is 0.0120. The van der Waals surface area contributed by atoms with Crippen LogP contribution in [0.2, 0.25) is 0 Å². The van der Waals surface area contributed by atoms with Gasteiger partial charge in [-0.05, 0) is 26.0 Å². The number of para-hydroxylation sites is 1. The smallest absolute Gasteiger partial charge is 0.410 e. The molecule has 0 unspecified atom stereocenters. The molecule has 0 saturated carbocycles. The molecule has 2 aromatic heterocycles. The van der Waals surface area contributed by atoms with Gasteiger partial charge < -0.3 is 15.3 Å². The Morgan fingerprint density at radius 1 is 1.17 bits per heavy atom. The van der Waals surface area contributed by atoms with Gasteiger partial charge in [0.05, 0.1) is 23.3 Å². The Morgan fingerprint density at radius 2 is 1.90 bits per heavy atom. The lowest BCUT2D eigenvalue weighted by Crippen LogP contribution is -2.50. The maximum Gasteiger partial charge on any atom is 0.410 e. The van der Waals surface area contributed by atoms with Crippen molar-refractivity contribution in [3.05, 3.63) is 35.8 Å². The van der Waals surface area contributed by atoms with E-state index in [-0.39, 0.29) is 52.7 Å². The summed E-state index contributed by atoms with van der Waals surface area (Å²) in [5.41, 5.74) is 0.855. The summed E-state index contributed by atoms with van der Waals surface area (Å²) in [4.78, 5) is 39.8. The topological polar surface area (TPSA) is 161 Å². The van der Waals surface area contributed by atoms with Crippen LogP contribution < -0.4 is 10.6 Å². The molecule has 2 aliphatic heterocycles. The predicted octanol–water partition coefficient (Wildman–Crippen LogP) is 2.77. The molecule has 226 valence electrons. The highest BCUT2D eigenvalue weighted by atomic mass is 32.2. The van der Waals surface area contributed by atoms with E-state index >= 15 is 0 Å². The van der Waals surface area contributed by atoms with Gasteiger partial charge in [0.2, 0.25) is 0 Å². The standard InChI is InChI=1S/C25H30F2N8O5S2/c1-15(12-33-8-10-35(11-9-33)42(39,40)22-16(2)31-23(41-22)32-24(37)38)30-20-17-4-3-5-18(19(17)28-14-29-20)21(36)34-7-6-25(26,27)13-34/h3-5,14-15H,6-13H2,1-2H3,(H,31,32)(H,37,38)(H,28,29,30)/t15-/m0/s1. The summed E-state index contributed by atoms with van der Waals surface area (Å²) in [6.07, 6.45) is -0.351. The number of thiazole rings is 1. The highest BCUT2D eigenvalue weighted by Gasteiger charge is 2.41. The zero-order valence-corrected chi connectivity index (χ0v) is 24.5. The zero-order valence-electron chi connectivity index (χ0n) is 22.9. The van der Waals surface area contributed by atoms with Crippen LogP contribution in [0.3, 0.4) is 0 Å². The van der Waals surface area contributed by atoms with E-state index in [9.17, 15) is 26.8 Å². The quantitative estimate of drug-likeness (QED) is 0.340. The third-order valence-corrected chi connectivity index (χ3v) is 10.7.